The van der Waals surface area contributed by atoms with Crippen molar-refractivity contribution in [3.05, 3.63) is 34.9 Å². The molecule has 2 atom stereocenters. The van der Waals surface area contributed by atoms with E-state index in [1.807, 2.05) is 19.1 Å². The Bertz CT molecular complexity index is 382. The minimum absolute atomic E-state index is 0.338. The first-order chi connectivity index (χ1) is 6.61. The number of aryl methyl sites for hydroxylation is 1. The van der Waals surface area contributed by atoms with Crippen molar-refractivity contribution in [2.75, 3.05) is 0 Å². The number of hydrogen-bond donors (Lipinski definition) is 1. The molecule has 0 aliphatic carbocycles. The molecule has 0 saturated carbocycles. The Morgan fingerprint density at radius 2 is 2.21 bits per heavy atom. The Morgan fingerprint density at radius 1 is 1.50 bits per heavy atom. The van der Waals surface area contributed by atoms with E-state index >= 15 is 0 Å². The van der Waals surface area contributed by atoms with Crippen LogP contribution in [0.2, 0.25) is 0 Å². The first kappa shape index (κ1) is 9.21. The normalized spacial score (nSPS) is 21.6. The molecular formula is C11H12O3. The lowest BCUT2D eigenvalue weighted by Gasteiger charge is -2.14. The van der Waals surface area contributed by atoms with Crippen molar-refractivity contribution in [1.29, 1.82) is 0 Å². The van der Waals surface area contributed by atoms with Gasteiger partial charge in [0.15, 0.2) is 6.10 Å². The van der Waals surface area contributed by atoms with Crippen molar-refractivity contribution in [2.45, 2.75) is 26.1 Å². The summed E-state index contributed by atoms with van der Waals surface area (Å²) in [4.78, 5) is 11.4. The zero-order chi connectivity index (χ0) is 10.3. The second-order valence-electron chi connectivity index (χ2n) is 3.60. The van der Waals surface area contributed by atoms with Crippen LogP contribution in [0.25, 0.3) is 0 Å². The number of ether oxygens (including phenoxy) is 1. The molecule has 0 fully saturated rings. The van der Waals surface area contributed by atoms with Gasteiger partial charge in [-0.15, -0.1) is 0 Å². The van der Waals surface area contributed by atoms with Gasteiger partial charge in [0, 0.05) is 5.56 Å². The van der Waals surface area contributed by atoms with Gasteiger partial charge in [0.1, 0.15) is 0 Å². The average molecular weight is 192 g/mol. The molecule has 2 unspecified atom stereocenters. The van der Waals surface area contributed by atoms with E-state index in [-0.39, 0.29) is 5.97 Å². The Hall–Kier alpha value is -1.35. The maximum absolute atomic E-state index is 11.4. The largest absolute Gasteiger partial charge is 0.451 e. The predicted molar refractivity (Wildman–Crippen MR) is 51.0 cm³/mol. The fourth-order valence-corrected chi connectivity index (χ4v) is 1.81. The maximum atomic E-state index is 11.4. The molecule has 1 aromatic rings. The van der Waals surface area contributed by atoms with E-state index in [1.54, 1.807) is 13.0 Å². The summed E-state index contributed by atoms with van der Waals surface area (Å²) in [6.07, 6.45) is -1.17. The van der Waals surface area contributed by atoms with Crippen LogP contribution in [0.3, 0.4) is 0 Å². The number of aliphatic hydroxyl groups is 1. The maximum Gasteiger partial charge on any atom is 0.339 e. The Balaban J connectivity index is 2.56. The molecule has 14 heavy (non-hydrogen) atoms. The lowest BCUT2D eigenvalue weighted by Crippen LogP contribution is -2.14. The van der Waals surface area contributed by atoms with Gasteiger partial charge < -0.3 is 9.84 Å². The summed E-state index contributed by atoms with van der Waals surface area (Å²) in [5.41, 5.74) is 2.39. The van der Waals surface area contributed by atoms with E-state index in [1.165, 1.54) is 0 Å². The van der Waals surface area contributed by atoms with E-state index < -0.39 is 12.2 Å². The highest BCUT2D eigenvalue weighted by Gasteiger charge is 2.34. The third-order valence-electron chi connectivity index (χ3n) is 2.50. The molecule has 0 radical (unpaired) electrons. The molecule has 0 aromatic heterocycles. The van der Waals surface area contributed by atoms with Crippen molar-refractivity contribution in [2.24, 2.45) is 0 Å². The van der Waals surface area contributed by atoms with Gasteiger partial charge in [0.05, 0.1) is 11.7 Å². The van der Waals surface area contributed by atoms with Gasteiger partial charge >= 0.3 is 5.97 Å². The van der Waals surface area contributed by atoms with Crippen LogP contribution >= 0.6 is 0 Å². The molecule has 0 saturated heterocycles. The van der Waals surface area contributed by atoms with Crippen molar-refractivity contribution in [1.82, 2.24) is 0 Å². The highest BCUT2D eigenvalue weighted by molar-refractivity contribution is 5.94. The van der Waals surface area contributed by atoms with Crippen molar-refractivity contribution in [3.8, 4) is 0 Å². The SMILES string of the molecule is Cc1cccc2c1C(C(C)O)OC2=O. The molecule has 1 aliphatic rings. The fraction of sp³-hybridized carbons (Fsp3) is 0.364. The summed E-state index contributed by atoms with van der Waals surface area (Å²) in [5, 5.41) is 9.46. The summed E-state index contributed by atoms with van der Waals surface area (Å²) in [6, 6.07) is 5.46. The van der Waals surface area contributed by atoms with Crippen LogP contribution in [0.1, 0.15) is 34.5 Å². The fourth-order valence-electron chi connectivity index (χ4n) is 1.81. The van der Waals surface area contributed by atoms with Gasteiger partial charge in [0.2, 0.25) is 0 Å². The minimum Gasteiger partial charge on any atom is -0.451 e. The van der Waals surface area contributed by atoms with E-state index in [0.717, 1.165) is 11.1 Å². The van der Waals surface area contributed by atoms with E-state index in [9.17, 15) is 9.90 Å². The molecule has 1 heterocycles. The van der Waals surface area contributed by atoms with E-state index in [4.69, 9.17) is 4.74 Å². The number of hydrogen-bond acceptors (Lipinski definition) is 3. The van der Waals surface area contributed by atoms with E-state index in [0.29, 0.717) is 5.56 Å². The van der Waals surface area contributed by atoms with Gasteiger partial charge in [-0.25, -0.2) is 4.79 Å². The predicted octanol–water partition coefficient (Wildman–Crippen LogP) is 1.59. The lowest BCUT2D eigenvalue weighted by molar-refractivity contribution is -0.00289. The second-order valence-corrected chi connectivity index (χ2v) is 3.60. The number of benzene rings is 1. The average Bonchev–Trinajstić information content (AvgIpc) is 2.46. The molecule has 0 amide bonds. The highest BCUT2D eigenvalue weighted by atomic mass is 16.6. The number of carbonyl (C=O) groups is 1. The first-order valence-corrected chi connectivity index (χ1v) is 4.60. The van der Waals surface area contributed by atoms with Gasteiger partial charge in [-0.05, 0) is 25.5 Å². The third kappa shape index (κ3) is 1.21. The van der Waals surface area contributed by atoms with Crippen LogP contribution in [0.15, 0.2) is 18.2 Å². The number of rotatable bonds is 1. The lowest BCUT2D eigenvalue weighted by atomic mass is 9.97. The van der Waals surface area contributed by atoms with Crippen LogP contribution in [0.5, 0.6) is 0 Å². The van der Waals surface area contributed by atoms with Gasteiger partial charge in [-0.2, -0.15) is 0 Å². The molecule has 1 aromatic carbocycles. The summed E-state index contributed by atoms with van der Waals surface area (Å²) >= 11 is 0. The van der Waals surface area contributed by atoms with Crippen molar-refractivity contribution >= 4 is 5.97 Å². The number of aliphatic hydroxyl groups excluding tert-OH is 1. The topological polar surface area (TPSA) is 46.5 Å². The van der Waals surface area contributed by atoms with Crippen LogP contribution < -0.4 is 0 Å². The molecule has 3 nitrogen and oxygen atoms in total. The smallest absolute Gasteiger partial charge is 0.339 e. The van der Waals surface area contributed by atoms with Crippen LogP contribution in [0.4, 0.5) is 0 Å². The number of cyclic esters (lactones) is 1. The summed E-state index contributed by atoms with van der Waals surface area (Å²) in [5.74, 6) is -0.338. The molecule has 3 heteroatoms. The van der Waals surface area contributed by atoms with Crippen molar-refractivity contribution in [3.63, 3.8) is 0 Å². The molecule has 1 aliphatic heterocycles. The third-order valence-corrected chi connectivity index (χ3v) is 2.50. The standard InChI is InChI=1S/C11H12O3/c1-6-4-3-5-8-9(6)10(7(2)12)14-11(8)13/h3-5,7,10,12H,1-2H3. The van der Waals surface area contributed by atoms with Crippen LogP contribution in [-0.4, -0.2) is 17.2 Å². The summed E-state index contributed by atoms with van der Waals surface area (Å²) in [7, 11) is 0. The first-order valence-electron chi connectivity index (χ1n) is 4.60. The zero-order valence-corrected chi connectivity index (χ0v) is 8.15. The summed E-state index contributed by atoms with van der Waals surface area (Å²) < 4.78 is 5.09. The molecule has 0 bridgehead atoms. The molecule has 2 rings (SSSR count). The quantitative estimate of drug-likeness (QED) is 0.687. The van der Waals surface area contributed by atoms with E-state index in [2.05, 4.69) is 0 Å². The van der Waals surface area contributed by atoms with Crippen molar-refractivity contribution < 1.29 is 14.6 Å². The number of esters is 1. The Kier molecular flexibility index (Phi) is 2.04. The Morgan fingerprint density at radius 3 is 2.86 bits per heavy atom. The monoisotopic (exact) mass is 192 g/mol. The second kappa shape index (κ2) is 3.10. The zero-order valence-electron chi connectivity index (χ0n) is 8.15. The molecule has 1 N–H and O–H groups in total. The molecular weight excluding hydrogens is 180 g/mol. The Labute approximate surface area is 82.3 Å². The number of carbonyl (C=O) groups excluding carboxylic acids is 1. The van der Waals surface area contributed by atoms with Gasteiger partial charge in [-0.3, -0.25) is 0 Å². The van der Waals surface area contributed by atoms with Gasteiger partial charge in [0.25, 0.3) is 0 Å². The molecule has 0 spiro atoms. The van der Waals surface area contributed by atoms with Crippen LogP contribution in [0, 0.1) is 6.92 Å². The molecule has 74 valence electrons. The minimum atomic E-state index is -0.665. The summed E-state index contributed by atoms with van der Waals surface area (Å²) in [6.45, 7) is 3.54. The van der Waals surface area contributed by atoms with Crippen LogP contribution in [-0.2, 0) is 4.74 Å². The number of fused-ring (bicyclic) bond motifs is 1. The highest BCUT2D eigenvalue weighted by Crippen LogP contribution is 2.35. The van der Waals surface area contributed by atoms with Gasteiger partial charge in [-0.1, -0.05) is 12.1 Å².